The molecule has 0 aliphatic rings. The van der Waals surface area contributed by atoms with Gasteiger partial charge in [0.15, 0.2) is 0 Å². The van der Waals surface area contributed by atoms with Gasteiger partial charge in [-0.3, -0.25) is 4.79 Å². The molecule has 104 valence electrons. The van der Waals surface area contributed by atoms with Gasteiger partial charge in [0.1, 0.15) is 11.9 Å². The Hall–Kier alpha value is -2.07. The molecule has 1 amide bonds. The van der Waals surface area contributed by atoms with Crippen molar-refractivity contribution in [1.82, 2.24) is 0 Å². The van der Waals surface area contributed by atoms with Crippen molar-refractivity contribution in [2.45, 2.75) is 13.0 Å². The predicted octanol–water partition coefficient (Wildman–Crippen LogP) is 3.43. The number of carbonyl (C=O) groups is 1. The highest BCUT2D eigenvalue weighted by Crippen LogP contribution is 2.25. The van der Waals surface area contributed by atoms with Gasteiger partial charge in [-0.1, -0.05) is 29.8 Å². The number of halogens is 2. The number of hydrogen-bond acceptors (Lipinski definition) is 2. The molecule has 0 aliphatic heterocycles. The highest BCUT2D eigenvalue weighted by Gasteiger charge is 2.19. The van der Waals surface area contributed by atoms with Gasteiger partial charge in [-0.05, 0) is 42.3 Å². The van der Waals surface area contributed by atoms with Crippen molar-refractivity contribution < 1.29 is 9.18 Å². The summed E-state index contributed by atoms with van der Waals surface area (Å²) in [6, 6.07) is 10.6. The first-order chi connectivity index (χ1) is 9.47. The molecular formula is C15H14ClFN2O. The number of anilines is 1. The minimum absolute atomic E-state index is 0.220. The third-order valence-electron chi connectivity index (χ3n) is 2.95. The standard InChI is InChI=1S/C15H14ClFN2O/c1-9-4-2-3-5-13(9)19-14(15(18)20)10-6-11(16)8-12(17)7-10/h2-8,14,19H,1H3,(H2,18,20). The number of nitrogens with one attached hydrogen (secondary N) is 1. The summed E-state index contributed by atoms with van der Waals surface area (Å²) >= 11 is 5.81. The number of hydrogen-bond donors (Lipinski definition) is 2. The Morgan fingerprint density at radius 1 is 1.30 bits per heavy atom. The molecule has 2 rings (SSSR count). The van der Waals surface area contributed by atoms with Crippen molar-refractivity contribution in [1.29, 1.82) is 0 Å². The molecule has 1 atom stereocenters. The molecule has 0 saturated heterocycles. The van der Waals surface area contributed by atoms with Crippen molar-refractivity contribution in [3.05, 3.63) is 64.4 Å². The number of primary amides is 1. The lowest BCUT2D eigenvalue weighted by molar-refractivity contribution is -0.118. The second kappa shape index (κ2) is 5.92. The fraction of sp³-hybridized carbons (Fsp3) is 0.133. The monoisotopic (exact) mass is 292 g/mol. The maximum atomic E-state index is 13.4. The largest absolute Gasteiger partial charge is 0.370 e. The fourth-order valence-electron chi connectivity index (χ4n) is 1.95. The molecule has 0 radical (unpaired) electrons. The van der Waals surface area contributed by atoms with Gasteiger partial charge in [-0.2, -0.15) is 0 Å². The van der Waals surface area contributed by atoms with Crippen molar-refractivity contribution in [2.24, 2.45) is 5.73 Å². The zero-order valence-corrected chi connectivity index (χ0v) is 11.6. The molecule has 3 nitrogen and oxygen atoms in total. The van der Waals surface area contributed by atoms with Crippen LogP contribution in [0.2, 0.25) is 5.02 Å². The first-order valence-electron chi connectivity index (χ1n) is 6.05. The summed E-state index contributed by atoms with van der Waals surface area (Å²) in [6.07, 6.45) is 0. The first-order valence-corrected chi connectivity index (χ1v) is 6.42. The lowest BCUT2D eigenvalue weighted by atomic mass is 10.0. The van der Waals surface area contributed by atoms with Crippen LogP contribution in [0.4, 0.5) is 10.1 Å². The summed E-state index contributed by atoms with van der Waals surface area (Å²) in [5.74, 6) is -1.11. The van der Waals surface area contributed by atoms with E-state index in [1.807, 2.05) is 31.2 Å². The highest BCUT2D eigenvalue weighted by atomic mass is 35.5. The average molecular weight is 293 g/mol. The molecule has 0 saturated carbocycles. The third-order valence-corrected chi connectivity index (χ3v) is 3.17. The smallest absolute Gasteiger partial charge is 0.244 e. The van der Waals surface area contributed by atoms with E-state index < -0.39 is 17.8 Å². The van der Waals surface area contributed by atoms with Crippen molar-refractivity contribution in [3.8, 4) is 0 Å². The van der Waals surface area contributed by atoms with Crippen molar-refractivity contribution in [2.75, 3.05) is 5.32 Å². The van der Waals surface area contributed by atoms with Crippen LogP contribution in [-0.2, 0) is 4.79 Å². The molecule has 3 N–H and O–H groups in total. The summed E-state index contributed by atoms with van der Waals surface area (Å²) in [5.41, 5.74) is 7.51. The van der Waals surface area contributed by atoms with Gasteiger partial charge in [-0.25, -0.2) is 4.39 Å². The zero-order chi connectivity index (χ0) is 14.7. The Morgan fingerprint density at radius 2 is 2.00 bits per heavy atom. The minimum atomic E-state index is -0.843. The van der Waals surface area contributed by atoms with Gasteiger partial charge >= 0.3 is 0 Å². The summed E-state index contributed by atoms with van der Waals surface area (Å²) in [4.78, 5) is 11.6. The second-order valence-electron chi connectivity index (χ2n) is 4.50. The van der Waals surface area contributed by atoms with Gasteiger partial charge in [0.2, 0.25) is 5.91 Å². The van der Waals surface area contributed by atoms with Crippen molar-refractivity contribution >= 4 is 23.2 Å². The third kappa shape index (κ3) is 3.27. The molecule has 0 fully saturated rings. The zero-order valence-electron chi connectivity index (χ0n) is 10.9. The van der Waals surface area contributed by atoms with Crippen LogP contribution in [0.3, 0.4) is 0 Å². The average Bonchev–Trinajstić information content (AvgIpc) is 2.36. The van der Waals surface area contributed by atoms with E-state index in [-0.39, 0.29) is 5.02 Å². The van der Waals surface area contributed by atoms with E-state index in [0.717, 1.165) is 11.3 Å². The molecule has 5 heteroatoms. The maximum Gasteiger partial charge on any atom is 0.244 e. The molecule has 2 aromatic rings. The van der Waals surface area contributed by atoms with Gasteiger partial charge in [0.25, 0.3) is 0 Å². The number of amides is 1. The van der Waals surface area contributed by atoms with Crippen LogP contribution in [0.15, 0.2) is 42.5 Å². The van der Waals surface area contributed by atoms with Gasteiger partial charge in [0.05, 0.1) is 0 Å². The quantitative estimate of drug-likeness (QED) is 0.907. The van der Waals surface area contributed by atoms with E-state index >= 15 is 0 Å². The molecule has 20 heavy (non-hydrogen) atoms. The van der Waals surface area contributed by atoms with E-state index in [0.29, 0.717) is 5.56 Å². The molecule has 0 aliphatic carbocycles. The van der Waals surface area contributed by atoms with E-state index in [2.05, 4.69) is 5.32 Å². The van der Waals surface area contributed by atoms with Crippen LogP contribution in [0.1, 0.15) is 17.2 Å². The van der Waals surface area contributed by atoms with Crippen LogP contribution in [0.25, 0.3) is 0 Å². The van der Waals surface area contributed by atoms with Crippen LogP contribution >= 0.6 is 11.6 Å². The molecule has 2 aromatic carbocycles. The van der Waals surface area contributed by atoms with Gasteiger partial charge in [0, 0.05) is 10.7 Å². The molecule has 0 aromatic heterocycles. The topological polar surface area (TPSA) is 55.1 Å². The van der Waals surface area contributed by atoms with Crippen molar-refractivity contribution in [3.63, 3.8) is 0 Å². The molecule has 0 bridgehead atoms. The maximum absolute atomic E-state index is 13.4. The summed E-state index contributed by atoms with van der Waals surface area (Å²) in [7, 11) is 0. The fourth-order valence-corrected chi connectivity index (χ4v) is 2.18. The number of benzene rings is 2. The van der Waals surface area contributed by atoms with Crippen LogP contribution in [-0.4, -0.2) is 5.91 Å². The van der Waals surface area contributed by atoms with Crippen LogP contribution in [0.5, 0.6) is 0 Å². The Labute approximate surface area is 121 Å². The van der Waals surface area contributed by atoms with Gasteiger partial charge in [-0.15, -0.1) is 0 Å². The number of para-hydroxylation sites is 1. The van der Waals surface area contributed by atoms with Crippen LogP contribution < -0.4 is 11.1 Å². The number of carbonyl (C=O) groups excluding carboxylic acids is 1. The lowest BCUT2D eigenvalue weighted by Crippen LogP contribution is -2.28. The number of aryl methyl sites for hydroxylation is 1. The number of nitrogens with two attached hydrogens (primary N) is 1. The summed E-state index contributed by atoms with van der Waals surface area (Å²) in [5, 5.41) is 3.24. The van der Waals surface area contributed by atoms with E-state index in [1.165, 1.54) is 18.2 Å². The Kier molecular flexibility index (Phi) is 4.25. The predicted molar refractivity (Wildman–Crippen MR) is 78.1 cm³/mol. The Bertz CT molecular complexity index is 625. The Balaban J connectivity index is 2.37. The number of rotatable bonds is 4. The minimum Gasteiger partial charge on any atom is -0.370 e. The lowest BCUT2D eigenvalue weighted by Gasteiger charge is -2.19. The van der Waals surface area contributed by atoms with E-state index in [4.69, 9.17) is 17.3 Å². The normalized spacial score (nSPS) is 11.9. The second-order valence-corrected chi connectivity index (χ2v) is 4.93. The van der Waals surface area contributed by atoms with E-state index in [9.17, 15) is 9.18 Å². The molecular weight excluding hydrogens is 279 g/mol. The van der Waals surface area contributed by atoms with E-state index in [1.54, 1.807) is 0 Å². The van der Waals surface area contributed by atoms with Gasteiger partial charge < -0.3 is 11.1 Å². The SMILES string of the molecule is Cc1ccccc1NC(C(N)=O)c1cc(F)cc(Cl)c1. The summed E-state index contributed by atoms with van der Waals surface area (Å²) in [6.45, 7) is 1.90. The Morgan fingerprint density at radius 3 is 2.60 bits per heavy atom. The highest BCUT2D eigenvalue weighted by molar-refractivity contribution is 6.30. The van der Waals surface area contributed by atoms with Crippen LogP contribution in [0, 0.1) is 12.7 Å². The molecule has 0 spiro atoms. The first kappa shape index (κ1) is 14.3. The molecule has 0 heterocycles. The molecule has 1 unspecified atom stereocenters. The summed E-state index contributed by atoms with van der Waals surface area (Å²) < 4.78 is 13.4.